The van der Waals surface area contributed by atoms with Crippen LogP contribution in [0.15, 0.2) is 197 Å². The van der Waals surface area contributed by atoms with Crippen molar-refractivity contribution in [3.8, 4) is 82.1 Å². The molecule has 4 aromatic heterocycles. The lowest BCUT2D eigenvalue weighted by Gasteiger charge is -2.32. The molecule has 0 unspecified atom stereocenters. The predicted octanol–water partition coefficient (Wildman–Crippen LogP) is 19.4. The first-order valence-electron chi connectivity index (χ1n) is 35.3. The fraction of sp³-hybridized carbons (Fsp3) is 0.282. The van der Waals surface area contributed by atoms with Gasteiger partial charge < -0.3 is 37.7 Å². The van der Waals surface area contributed by atoms with Crippen molar-refractivity contribution < 1.29 is 106 Å². The van der Waals surface area contributed by atoms with Crippen molar-refractivity contribution in [1.82, 2.24) is 24.5 Å². The minimum absolute atomic E-state index is 0.0116. The Morgan fingerprint density at radius 2 is 0.811 bits per heavy atom. The summed E-state index contributed by atoms with van der Waals surface area (Å²) in [6.45, 7) is 11.6. The van der Waals surface area contributed by atoms with E-state index in [0.29, 0.717) is 82.9 Å². The molecule has 122 heavy (non-hydrogen) atoms. The monoisotopic (exact) mass is 2050 g/mol. The summed E-state index contributed by atoms with van der Waals surface area (Å²) in [6.07, 6.45) is -4.89. The van der Waals surface area contributed by atoms with E-state index in [4.69, 9.17) is 94.8 Å². The Balaban J connectivity index is 0.000000186. The number of morpholine rings is 1. The normalized spacial score (nSPS) is 14.4. The summed E-state index contributed by atoms with van der Waals surface area (Å²) in [5, 5.41) is 8.44. The molecular formula is C78H75BBr2Cl5F6N5O18S7. The van der Waals surface area contributed by atoms with E-state index in [-0.39, 0.29) is 84.6 Å². The number of thiophene rings is 2. The van der Waals surface area contributed by atoms with Crippen LogP contribution in [0.2, 0.25) is 20.1 Å². The van der Waals surface area contributed by atoms with Crippen LogP contribution in [0.5, 0.6) is 28.7 Å². The molecule has 0 radical (unpaired) electrons. The number of sulfone groups is 4. The van der Waals surface area contributed by atoms with Gasteiger partial charge in [0, 0.05) is 84.1 Å². The van der Waals surface area contributed by atoms with Gasteiger partial charge in [-0.2, -0.15) is 36.5 Å². The van der Waals surface area contributed by atoms with Crippen LogP contribution in [0.25, 0.3) is 53.4 Å². The molecule has 0 saturated carbocycles. The third-order valence-electron chi connectivity index (χ3n) is 18.3. The summed E-state index contributed by atoms with van der Waals surface area (Å²) in [5.74, 6) is 1.36. The van der Waals surface area contributed by atoms with E-state index >= 15 is 0 Å². The third kappa shape index (κ3) is 25.2. The molecule has 7 aromatic carbocycles. The van der Waals surface area contributed by atoms with E-state index in [9.17, 15) is 68.4 Å². The zero-order chi connectivity index (χ0) is 90.4. The number of aromatic nitrogens is 4. The molecule has 0 bridgehead atoms. The summed E-state index contributed by atoms with van der Waals surface area (Å²) in [7, 11) is -7.36. The van der Waals surface area contributed by atoms with Crippen molar-refractivity contribution in [2.45, 2.75) is 75.7 Å². The lowest BCUT2D eigenvalue weighted by atomic mass is 9.79. The topological polar surface area (TPSA) is 283 Å². The van der Waals surface area contributed by atoms with E-state index in [0.717, 1.165) is 59.6 Å². The lowest BCUT2D eigenvalue weighted by molar-refractivity contribution is -0.142. The van der Waals surface area contributed by atoms with Crippen molar-refractivity contribution in [2.24, 2.45) is 0 Å². The number of methoxy groups -OCH3 is 4. The summed E-state index contributed by atoms with van der Waals surface area (Å²) >= 11 is 33.4. The second-order valence-corrected chi connectivity index (χ2v) is 43.8. The Bertz CT molecular complexity index is 6180. The van der Waals surface area contributed by atoms with Crippen molar-refractivity contribution in [3.05, 3.63) is 204 Å². The van der Waals surface area contributed by atoms with Crippen LogP contribution >= 0.6 is 112 Å². The van der Waals surface area contributed by atoms with Gasteiger partial charge in [-0.3, -0.25) is 4.90 Å². The van der Waals surface area contributed by atoms with Crippen molar-refractivity contribution in [3.63, 3.8) is 0 Å². The largest absolute Gasteiger partial charge is 0.495 e. The number of halogens is 13. The molecule has 0 atom stereocenters. The summed E-state index contributed by atoms with van der Waals surface area (Å²) in [5.41, 5.74) is -0.607. The number of nitrogens with zero attached hydrogens (tertiary/aromatic N) is 5. The first-order valence-corrected chi connectivity index (χ1v) is 49.9. The molecule has 0 spiro atoms. The summed E-state index contributed by atoms with van der Waals surface area (Å²) < 4.78 is 246. The number of alkyl halides is 6. The molecule has 2 fully saturated rings. The molecule has 23 nitrogen and oxygen atoms in total. The van der Waals surface area contributed by atoms with Crippen LogP contribution < -0.4 is 29.1 Å². The van der Waals surface area contributed by atoms with E-state index in [1.165, 1.54) is 124 Å². The minimum Gasteiger partial charge on any atom is -0.495 e. The quantitative estimate of drug-likeness (QED) is 0.0389. The Morgan fingerprint density at radius 1 is 0.459 bits per heavy atom. The van der Waals surface area contributed by atoms with Crippen LogP contribution in [0.4, 0.5) is 26.3 Å². The van der Waals surface area contributed by atoms with E-state index in [1.807, 2.05) is 27.7 Å². The first kappa shape index (κ1) is 98.8. The molecular weight excluding hydrogens is 1980 g/mol. The molecule has 0 N–H and O–H groups in total. The second-order valence-electron chi connectivity index (χ2n) is 27.6. The molecule has 2 saturated heterocycles. The first-order chi connectivity index (χ1) is 56.6. The Labute approximate surface area is 751 Å². The summed E-state index contributed by atoms with van der Waals surface area (Å²) in [4.78, 5) is 4.73. The van der Waals surface area contributed by atoms with Crippen LogP contribution in [-0.2, 0) is 74.8 Å². The maximum absolute atomic E-state index is 13.6. The number of benzene rings is 7. The van der Waals surface area contributed by atoms with Gasteiger partial charge in [0.2, 0.25) is 0 Å². The maximum atomic E-state index is 13.6. The van der Waals surface area contributed by atoms with Crippen molar-refractivity contribution in [1.29, 1.82) is 0 Å². The van der Waals surface area contributed by atoms with Crippen LogP contribution in [0, 0.1) is 0 Å². The van der Waals surface area contributed by atoms with Crippen LogP contribution in [-0.4, -0.2) is 178 Å². The SMILES string of the molecule is COc1ccc(-c2ccc(-c3cc(C(F)(F)F)nn3-c3cc(Cl)ccc3Cl)s2)cc1S(C)(=O)=O.COc1ccc(B2OC(C)(C)C(C)(C)O2)cc1S(C)(=O)=O.COc1ccc(Br)cc1S(=O)(=O)Cl.COc1ccc(Br)cc1S(C)(=O)=O.CS(=O)(=O)c1cc(-c2ccc(-c3cc(C(F)(F)F)nn3-c3cc(Cl)ccc3Cl)s2)ccc1OCCN1CCOCC1. The molecule has 2 aliphatic rings. The van der Waals surface area contributed by atoms with Crippen molar-refractivity contribution in [2.75, 3.05) is 92.9 Å². The fourth-order valence-electron chi connectivity index (χ4n) is 11.5. The molecule has 11 aromatic rings. The Hall–Kier alpha value is -7.00. The number of hydrogen-bond acceptors (Lipinski definition) is 23. The van der Waals surface area contributed by atoms with Crippen molar-refractivity contribution >= 4 is 173 Å². The molecule has 6 heterocycles. The molecule has 44 heteroatoms. The highest BCUT2D eigenvalue weighted by Crippen LogP contribution is 2.45. The number of rotatable bonds is 20. The molecule has 2 aliphatic heterocycles. The number of ether oxygens (including phenoxy) is 6. The molecule has 0 amide bonds. The molecule has 13 rings (SSSR count). The molecule has 0 aliphatic carbocycles. The third-order valence-corrected chi connectivity index (χ3v) is 28.5. The Morgan fingerprint density at radius 3 is 1.20 bits per heavy atom. The Kier molecular flexibility index (Phi) is 32.3. The van der Waals surface area contributed by atoms with Gasteiger partial charge in [0.25, 0.3) is 9.05 Å². The van der Waals surface area contributed by atoms with Gasteiger partial charge in [0.15, 0.2) is 50.7 Å². The smallest absolute Gasteiger partial charge is 0.494 e. The van der Waals surface area contributed by atoms with Gasteiger partial charge in [-0.05, 0) is 202 Å². The average Bonchev–Trinajstić information content (AvgIpc) is 1.63. The summed E-state index contributed by atoms with van der Waals surface area (Å²) in [6, 6.07) is 41.3. The lowest BCUT2D eigenvalue weighted by Crippen LogP contribution is -2.41. The van der Waals surface area contributed by atoms with Gasteiger partial charge in [-0.15, -0.1) is 22.7 Å². The zero-order valence-corrected chi connectivity index (χ0v) is 78.9. The molecule has 656 valence electrons. The van der Waals surface area contributed by atoms with Gasteiger partial charge in [-0.1, -0.05) is 84.3 Å². The second kappa shape index (κ2) is 39.9. The fourth-order valence-corrected chi connectivity index (χ4v) is 19.7. The standard InChI is InChI=1S/C27H24Cl2F3N3O4S2.C22H15Cl2F3N2O3S2.C14H21BO5S.C8H9BrO3S.C7H6BrClO3S/c1-41(36,37)25-14-17(2-5-22(25)39-13-10-34-8-11-38-12-9-34)23-6-7-24(40-23)21-16-26(27(30,31)32)33-35(21)20-15-18(28)3-4-19(20)29;1-32-17-6-3-12(9-20(17)34(2,30)31)18-7-8-19(33-18)16-11-21(22(25,26)27)28-29(16)15-10-13(23)4-5-14(15)24;1-13(2)14(3,4)20-15(19-13)10-7-8-11(18-5)12(9-10)21(6,16)17;1-12-7-4-3-6(9)5-8(7)13(2,10)11;1-12-6-3-2-5(8)4-7(6)13(9,10)11/h2-7,14-16H,8-13H2,1H3;3-11H,1-2H3;7-9H,1-6H3;3-5H,1-2H3;2-4H,1H3. The number of hydrogen-bond donors (Lipinski definition) is 0. The highest BCUT2D eigenvalue weighted by atomic mass is 79.9. The average molecular weight is 2060 g/mol. The highest BCUT2D eigenvalue weighted by Gasteiger charge is 2.52. The van der Waals surface area contributed by atoms with E-state index < -0.39 is 90.5 Å². The van der Waals surface area contributed by atoms with Gasteiger partial charge in [0.05, 0.1) is 95.4 Å². The minimum atomic E-state index is -4.69. The predicted molar refractivity (Wildman–Crippen MR) is 470 cm³/mol. The zero-order valence-electron chi connectivity index (χ0n) is 66.3. The van der Waals surface area contributed by atoms with Gasteiger partial charge in [0.1, 0.15) is 59.8 Å². The van der Waals surface area contributed by atoms with Crippen LogP contribution in [0.3, 0.4) is 0 Å². The maximum Gasteiger partial charge on any atom is 0.494 e. The van der Waals surface area contributed by atoms with E-state index in [1.54, 1.807) is 78.9 Å². The van der Waals surface area contributed by atoms with Gasteiger partial charge >= 0.3 is 19.5 Å². The highest BCUT2D eigenvalue weighted by molar-refractivity contribution is 9.10. The van der Waals surface area contributed by atoms with Gasteiger partial charge in [-0.25, -0.2) is 51.5 Å². The van der Waals surface area contributed by atoms with Crippen LogP contribution in [0.1, 0.15) is 39.1 Å². The van der Waals surface area contributed by atoms with E-state index in [2.05, 4.69) is 47.0 Å².